The van der Waals surface area contributed by atoms with Crippen molar-refractivity contribution in [3.63, 3.8) is 0 Å². The maximum Gasteiger partial charge on any atom is 0.151 e. The standard InChI is InChI=1S/C9H7NOS/c10-4-2-1-3-8-6-12-7-9(8)5-11/h1,3,5-7H,2H2. The number of allylic oxidation sites excluding steroid dienone is 1. The first-order valence-electron chi connectivity index (χ1n) is 3.43. The zero-order chi connectivity index (χ0) is 8.81. The average molecular weight is 177 g/mol. The van der Waals surface area contributed by atoms with Crippen molar-refractivity contribution in [3.05, 3.63) is 28.0 Å². The van der Waals surface area contributed by atoms with Crippen molar-refractivity contribution in [2.45, 2.75) is 6.42 Å². The highest BCUT2D eigenvalue weighted by Gasteiger charge is 1.96. The normalized spacial score (nSPS) is 9.92. The number of hydrogen-bond donors (Lipinski definition) is 0. The van der Waals surface area contributed by atoms with Crippen molar-refractivity contribution < 1.29 is 4.79 Å². The number of nitrogens with zero attached hydrogens (tertiary/aromatic N) is 1. The molecule has 0 amide bonds. The number of hydrogen-bond acceptors (Lipinski definition) is 3. The summed E-state index contributed by atoms with van der Waals surface area (Å²) in [6.07, 6.45) is 4.75. The Balaban J connectivity index is 2.75. The molecule has 0 saturated carbocycles. The van der Waals surface area contributed by atoms with E-state index in [0.29, 0.717) is 12.0 Å². The molecule has 0 unspecified atom stereocenters. The van der Waals surface area contributed by atoms with Crippen molar-refractivity contribution in [1.82, 2.24) is 0 Å². The molecular formula is C9H7NOS. The minimum absolute atomic E-state index is 0.383. The van der Waals surface area contributed by atoms with Crippen molar-refractivity contribution in [2.24, 2.45) is 0 Å². The SMILES string of the molecule is N#CCC=Cc1cscc1C=O. The van der Waals surface area contributed by atoms with E-state index in [1.165, 1.54) is 11.3 Å². The van der Waals surface area contributed by atoms with Gasteiger partial charge in [-0.2, -0.15) is 16.6 Å². The Morgan fingerprint density at radius 1 is 1.50 bits per heavy atom. The quantitative estimate of drug-likeness (QED) is 0.665. The fourth-order valence-electron chi connectivity index (χ4n) is 0.787. The van der Waals surface area contributed by atoms with Gasteiger partial charge in [0.05, 0.1) is 12.5 Å². The van der Waals surface area contributed by atoms with Crippen LogP contribution in [0.1, 0.15) is 22.3 Å². The molecule has 0 N–H and O–H groups in total. The van der Waals surface area contributed by atoms with Crippen LogP contribution in [0.4, 0.5) is 0 Å². The summed E-state index contributed by atoms with van der Waals surface area (Å²) in [5.41, 5.74) is 1.58. The summed E-state index contributed by atoms with van der Waals surface area (Å²) in [5.74, 6) is 0. The molecule has 0 atom stereocenters. The van der Waals surface area contributed by atoms with Crippen molar-refractivity contribution in [2.75, 3.05) is 0 Å². The van der Waals surface area contributed by atoms with Crippen LogP contribution >= 0.6 is 11.3 Å². The molecule has 0 aliphatic carbocycles. The Labute approximate surface area is 74.8 Å². The van der Waals surface area contributed by atoms with Crippen LogP contribution in [-0.4, -0.2) is 6.29 Å². The first-order chi connectivity index (χ1) is 5.88. The fourth-order valence-corrected chi connectivity index (χ4v) is 1.55. The van der Waals surface area contributed by atoms with Crippen molar-refractivity contribution >= 4 is 23.7 Å². The summed E-state index contributed by atoms with van der Waals surface area (Å²) >= 11 is 1.48. The van der Waals surface area contributed by atoms with Gasteiger partial charge in [0.2, 0.25) is 0 Å². The molecule has 1 aromatic heterocycles. The van der Waals surface area contributed by atoms with Crippen LogP contribution in [0.3, 0.4) is 0 Å². The summed E-state index contributed by atoms with van der Waals surface area (Å²) in [4.78, 5) is 10.4. The first-order valence-corrected chi connectivity index (χ1v) is 4.37. The van der Waals surface area contributed by atoms with E-state index in [-0.39, 0.29) is 0 Å². The highest BCUT2D eigenvalue weighted by Crippen LogP contribution is 2.14. The summed E-state index contributed by atoms with van der Waals surface area (Å²) in [7, 11) is 0. The predicted octanol–water partition coefficient (Wildman–Crippen LogP) is 2.49. The third-order valence-electron chi connectivity index (χ3n) is 1.36. The van der Waals surface area contributed by atoms with E-state index in [9.17, 15) is 4.79 Å². The lowest BCUT2D eigenvalue weighted by molar-refractivity contribution is 0.112. The molecule has 0 aliphatic heterocycles. The molecule has 2 nitrogen and oxygen atoms in total. The lowest BCUT2D eigenvalue weighted by Gasteiger charge is -1.85. The van der Waals surface area contributed by atoms with Gasteiger partial charge in [-0.15, -0.1) is 0 Å². The lowest BCUT2D eigenvalue weighted by atomic mass is 10.2. The van der Waals surface area contributed by atoms with Crippen LogP contribution in [0, 0.1) is 11.3 Å². The van der Waals surface area contributed by atoms with Gasteiger partial charge in [0, 0.05) is 10.9 Å². The summed E-state index contributed by atoms with van der Waals surface area (Å²) in [6.45, 7) is 0. The Kier molecular flexibility index (Phi) is 3.24. The number of rotatable bonds is 3. The van der Waals surface area contributed by atoms with Gasteiger partial charge in [0.25, 0.3) is 0 Å². The van der Waals surface area contributed by atoms with Gasteiger partial charge in [0.15, 0.2) is 6.29 Å². The Hall–Kier alpha value is -1.40. The van der Waals surface area contributed by atoms with Gasteiger partial charge in [-0.05, 0) is 10.9 Å². The van der Waals surface area contributed by atoms with Crippen molar-refractivity contribution in [3.8, 4) is 6.07 Å². The van der Waals surface area contributed by atoms with E-state index < -0.39 is 0 Å². The molecule has 1 heterocycles. The largest absolute Gasteiger partial charge is 0.298 e. The predicted molar refractivity (Wildman–Crippen MR) is 49.0 cm³/mol. The fraction of sp³-hybridized carbons (Fsp3) is 0.111. The molecular weight excluding hydrogens is 170 g/mol. The second kappa shape index (κ2) is 4.47. The molecule has 0 saturated heterocycles. The van der Waals surface area contributed by atoms with Gasteiger partial charge >= 0.3 is 0 Å². The molecule has 0 fully saturated rings. The molecule has 12 heavy (non-hydrogen) atoms. The molecule has 1 aromatic rings. The molecule has 0 bridgehead atoms. The van der Waals surface area contributed by atoms with E-state index >= 15 is 0 Å². The van der Waals surface area contributed by atoms with Crippen LogP contribution in [0.2, 0.25) is 0 Å². The third-order valence-corrected chi connectivity index (χ3v) is 2.14. The second-order valence-corrected chi connectivity index (χ2v) is 2.91. The number of thiophene rings is 1. The Morgan fingerprint density at radius 3 is 2.92 bits per heavy atom. The third kappa shape index (κ3) is 2.04. The van der Waals surface area contributed by atoms with E-state index in [4.69, 9.17) is 5.26 Å². The molecule has 3 heteroatoms. The topological polar surface area (TPSA) is 40.9 Å². The Bertz CT molecular complexity index is 333. The molecule has 1 rings (SSSR count). The molecule has 60 valence electrons. The van der Waals surface area contributed by atoms with Crippen molar-refractivity contribution in [1.29, 1.82) is 5.26 Å². The van der Waals surface area contributed by atoms with Crippen LogP contribution in [-0.2, 0) is 0 Å². The van der Waals surface area contributed by atoms with E-state index in [0.717, 1.165) is 11.8 Å². The number of carbonyl (C=O) groups is 1. The highest BCUT2D eigenvalue weighted by molar-refractivity contribution is 7.08. The number of carbonyl (C=O) groups excluding carboxylic acids is 1. The summed E-state index contributed by atoms with van der Waals surface area (Å²) in [5, 5.41) is 11.9. The van der Waals surface area contributed by atoms with E-state index in [2.05, 4.69) is 0 Å². The zero-order valence-corrected chi connectivity index (χ0v) is 7.17. The van der Waals surface area contributed by atoms with Gasteiger partial charge in [0.1, 0.15) is 0 Å². The van der Waals surface area contributed by atoms with Gasteiger partial charge in [-0.3, -0.25) is 4.79 Å². The summed E-state index contributed by atoms with van der Waals surface area (Å²) in [6, 6.07) is 2.00. The smallest absolute Gasteiger partial charge is 0.151 e. The number of aldehydes is 1. The van der Waals surface area contributed by atoms with E-state index in [1.807, 2.05) is 11.4 Å². The number of nitriles is 1. The lowest BCUT2D eigenvalue weighted by Crippen LogP contribution is -1.76. The second-order valence-electron chi connectivity index (χ2n) is 2.16. The molecule has 0 aliphatic rings. The average Bonchev–Trinajstić information content (AvgIpc) is 2.52. The van der Waals surface area contributed by atoms with E-state index in [1.54, 1.807) is 17.5 Å². The molecule has 0 radical (unpaired) electrons. The summed E-state index contributed by atoms with van der Waals surface area (Å²) < 4.78 is 0. The maximum atomic E-state index is 10.4. The van der Waals surface area contributed by atoms with Crippen LogP contribution in [0.5, 0.6) is 0 Å². The van der Waals surface area contributed by atoms with Gasteiger partial charge in [-0.1, -0.05) is 12.2 Å². The molecule has 0 aromatic carbocycles. The van der Waals surface area contributed by atoms with Crippen LogP contribution in [0.25, 0.3) is 6.08 Å². The van der Waals surface area contributed by atoms with Crippen LogP contribution in [0.15, 0.2) is 16.8 Å². The minimum Gasteiger partial charge on any atom is -0.298 e. The minimum atomic E-state index is 0.383. The Morgan fingerprint density at radius 2 is 2.25 bits per heavy atom. The highest BCUT2D eigenvalue weighted by atomic mass is 32.1. The monoisotopic (exact) mass is 177 g/mol. The zero-order valence-electron chi connectivity index (χ0n) is 6.36. The maximum absolute atomic E-state index is 10.4. The van der Waals surface area contributed by atoms with Gasteiger partial charge < -0.3 is 0 Å². The first kappa shape index (κ1) is 8.69. The molecule has 0 spiro atoms. The van der Waals surface area contributed by atoms with Gasteiger partial charge in [-0.25, -0.2) is 0 Å². The van der Waals surface area contributed by atoms with Crippen LogP contribution < -0.4 is 0 Å².